The highest BCUT2D eigenvalue weighted by Crippen LogP contribution is 2.23. The largest absolute Gasteiger partial charge is 0.496 e. The second kappa shape index (κ2) is 7.27. The maximum atomic E-state index is 13.2. The molecule has 3 nitrogen and oxygen atoms in total. The Morgan fingerprint density at radius 2 is 2.09 bits per heavy atom. The molecule has 0 bridgehead atoms. The van der Waals surface area contributed by atoms with Crippen LogP contribution in [0.2, 0.25) is 0 Å². The van der Waals surface area contributed by atoms with E-state index in [1.807, 2.05) is 30.3 Å². The maximum absolute atomic E-state index is 13.2. The molecule has 2 aromatic rings. The van der Waals surface area contributed by atoms with E-state index < -0.39 is 0 Å². The van der Waals surface area contributed by atoms with Gasteiger partial charge in [0.15, 0.2) is 0 Å². The summed E-state index contributed by atoms with van der Waals surface area (Å²) in [6, 6.07) is 14.7. The molecule has 0 saturated heterocycles. The molecule has 3 rings (SSSR count). The molecule has 0 saturated carbocycles. The lowest BCUT2D eigenvalue weighted by atomic mass is 10.00. The number of methoxy groups -OCH3 is 1. The summed E-state index contributed by atoms with van der Waals surface area (Å²) < 4.78 is 18.5. The van der Waals surface area contributed by atoms with E-state index in [0.717, 1.165) is 48.3 Å². The lowest BCUT2D eigenvalue weighted by molar-refractivity contribution is 0.0793. The zero-order valence-corrected chi connectivity index (χ0v) is 13.2. The molecule has 120 valence electrons. The first-order valence-corrected chi connectivity index (χ1v) is 7.82. The van der Waals surface area contributed by atoms with Crippen molar-refractivity contribution >= 4 is 5.71 Å². The number of nitrogens with zero attached hydrogens (tertiary/aromatic N) is 1. The molecule has 0 amide bonds. The van der Waals surface area contributed by atoms with E-state index in [4.69, 9.17) is 9.57 Å². The van der Waals surface area contributed by atoms with Gasteiger partial charge in [0.05, 0.1) is 12.8 Å². The quantitative estimate of drug-likeness (QED) is 0.802. The minimum atomic E-state index is -0.192. The Morgan fingerprint density at radius 3 is 2.91 bits per heavy atom. The van der Waals surface area contributed by atoms with Crippen LogP contribution in [-0.4, -0.2) is 18.9 Å². The van der Waals surface area contributed by atoms with Crippen LogP contribution in [0.25, 0.3) is 0 Å². The van der Waals surface area contributed by atoms with Gasteiger partial charge in [0.25, 0.3) is 0 Å². The SMILES string of the molecule is COc1ccccc1CC1=NOC(CCc2cccc(F)c2)C1. The van der Waals surface area contributed by atoms with Crippen LogP contribution in [0, 0.1) is 5.82 Å². The van der Waals surface area contributed by atoms with Crippen LogP contribution in [-0.2, 0) is 17.7 Å². The van der Waals surface area contributed by atoms with Gasteiger partial charge in [0, 0.05) is 12.8 Å². The van der Waals surface area contributed by atoms with Crippen molar-refractivity contribution in [2.75, 3.05) is 7.11 Å². The van der Waals surface area contributed by atoms with Crippen LogP contribution in [0.3, 0.4) is 0 Å². The van der Waals surface area contributed by atoms with Gasteiger partial charge >= 0.3 is 0 Å². The van der Waals surface area contributed by atoms with E-state index in [9.17, 15) is 4.39 Å². The van der Waals surface area contributed by atoms with E-state index in [2.05, 4.69) is 5.16 Å². The molecule has 0 aliphatic carbocycles. The number of oxime groups is 1. The average molecular weight is 313 g/mol. The molecule has 1 aliphatic rings. The Balaban J connectivity index is 1.52. The molecule has 1 heterocycles. The van der Waals surface area contributed by atoms with Crippen LogP contribution in [0.1, 0.15) is 24.0 Å². The van der Waals surface area contributed by atoms with Crippen LogP contribution in [0.5, 0.6) is 5.75 Å². The van der Waals surface area contributed by atoms with Gasteiger partial charge in [-0.3, -0.25) is 0 Å². The zero-order chi connectivity index (χ0) is 16.1. The van der Waals surface area contributed by atoms with Gasteiger partial charge in [-0.15, -0.1) is 0 Å². The summed E-state index contributed by atoms with van der Waals surface area (Å²) in [6.07, 6.45) is 3.25. The number of rotatable bonds is 6. The fourth-order valence-corrected chi connectivity index (χ4v) is 2.83. The fraction of sp³-hybridized carbons (Fsp3) is 0.316. The van der Waals surface area contributed by atoms with Gasteiger partial charge < -0.3 is 9.57 Å². The van der Waals surface area contributed by atoms with Crippen molar-refractivity contribution in [2.24, 2.45) is 5.16 Å². The second-order valence-corrected chi connectivity index (χ2v) is 5.75. The van der Waals surface area contributed by atoms with E-state index >= 15 is 0 Å². The monoisotopic (exact) mass is 313 g/mol. The van der Waals surface area contributed by atoms with Crippen molar-refractivity contribution in [3.05, 3.63) is 65.5 Å². The van der Waals surface area contributed by atoms with Crippen molar-refractivity contribution in [3.8, 4) is 5.75 Å². The normalized spacial score (nSPS) is 16.8. The third-order valence-electron chi connectivity index (χ3n) is 4.03. The van der Waals surface area contributed by atoms with Crippen molar-refractivity contribution < 1.29 is 14.0 Å². The predicted molar refractivity (Wildman–Crippen MR) is 88.3 cm³/mol. The predicted octanol–water partition coefficient (Wildman–Crippen LogP) is 4.15. The van der Waals surface area contributed by atoms with Crippen molar-refractivity contribution in [2.45, 2.75) is 31.8 Å². The summed E-state index contributed by atoms with van der Waals surface area (Å²) >= 11 is 0. The van der Waals surface area contributed by atoms with Gasteiger partial charge in [-0.1, -0.05) is 35.5 Å². The minimum Gasteiger partial charge on any atom is -0.496 e. The van der Waals surface area contributed by atoms with Gasteiger partial charge in [0.1, 0.15) is 17.7 Å². The van der Waals surface area contributed by atoms with E-state index in [1.54, 1.807) is 19.2 Å². The van der Waals surface area contributed by atoms with Crippen LogP contribution in [0.15, 0.2) is 53.7 Å². The molecule has 1 unspecified atom stereocenters. The lowest BCUT2D eigenvalue weighted by Gasteiger charge is -2.09. The Hall–Kier alpha value is -2.36. The lowest BCUT2D eigenvalue weighted by Crippen LogP contribution is -2.10. The number of para-hydroxylation sites is 1. The number of benzene rings is 2. The molecular formula is C19H20FNO2. The van der Waals surface area contributed by atoms with Crippen molar-refractivity contribution in [3.63, 3.8) is 0 Å². The Bertz CT molecular complexity index is 699. The Labute approximate surface area is 135 Å². The molecule has 0 N–H and O–H groups in total. The number of halogens is 1. The summed E-state index contributed by atoms with van der Waals surface area (Å²) in [4.78, 5) is 5.52. The highest BCUT2D eigenvalue weighted by atomic mass is 19.1. The van der Waals surface area contributed by atoms with Gasteiger partial charge in [-0.2, -0.15) is 0 Å². The van der Waals surface area contributed by atoms with Gasteiger partial charge in [-0.05, 0) is 42.2 Å². The molecule has 1 atom stereocenters. The van der Waals surface area contributed by atoms with E-state index in [-0.39, 0.29) is 11.9 Å². The third kappa shape index (κ3) is 4.09. The standard InChI is InChI=1S/C19H20FNO2/c1-22-19-8-3-2-6-15(19)12-17-13-18(23-21-17)10-9-14-5-4-7-16(20)11-14/h2-8,11,18H,9-10,12-13H2,1H3. The van der Waals surface area contributed by atoms with E-state index in [0.29, 0.717) is 0 Å². The van der Waals surface area contributed by atoms with Crippen molar-refractivity contribution in [1.29, 1.82) is 0 Å². The summed E-state index contributed by atoms with van der Waals surface area (Å²) in [5.74, 6) is 0.682. The third-order valence-corrected chi connectivity index (χ3v) is 4.03. The van der Waals surface area contributed by atoms with Crippen molar-refractivity contribution in [1.82, 2.24) is 0 Å². The maximum Gasteiger partial charge on any atom is 0.133 e. The molecule has 4 heteroatoms. The van der Waals surface area contributed by atoms with Crippen LogP contribution in [0.4, 0.5) is 4.39 Å². The summed E-state index contributed by atoms with van der Waals surface area (Å²) in [5, 5.41) is 4.20. The first-order chi connectivity index (χ1) is 11.2. The summed E-state index contributed by atoms with van der Waals surface area (Å²) in [6.45, 7) is 0. The minimum absolute atomic E-state index is 0.0722. The Kier molecular flexibility index (Phi) is 4.91. The highest BCUT2D eigenvalue weighted by Gasteiger charge is 2.21. The second-order valence-electron chi connectivity index (χ2n) is 5.75. The summed E-state index contributed by atoms with van der Waals surface area (Å²) in [5.41, 5.74) is 3.13. The first-order valence-electron chi connectivity index (χ1n) is 7.82. The number of hydrogen-bond acceptors (Lipinski definition) is 3. The van der Waals surface area contributed by atoms with Gasteiger partial charge in [-0.25, -0.2) is 4.39 Å². The average Bonchev–Trinajstić information content (AvgIpc) is 3.01. The molecule has 2 aromatic carbocycles. The molecular weight excluding hydrogens is 293 g/mol. The first kappa shape index (κ1) is 15.5. The number of hydrogen-bond donors (Lipinski definition) is 0. The van der Waals surface area contributed by atoms with Crippen LogP contribution < -0.4 is 4.74 Å². The number of aryl methyl sites for hydroxylation is 1. The molecule has 0 aromatic heterocycles. The fourth-order valence-electron chi connectivity index (χ4n) is 2.83. The molecule has 0 fully saturated rings. The molecule has 23 heavy (non-hydrogen) atoms. The summed E-state index contributed by atoms with van der Waals surface area (Å²) in [7, 11) is 1.67. The molecule has 0 spiro atoms. The Morgan fingerprint density at radius 1 is 1.22 bits per heavy atom. The molecule has 1 aliphatic heterocycles. The molecule has 0 radical (unpaired) electrons. The van der Waals surface area contributed by atoms with Crippen LogP contribution >= 0.6 is 0 Å². The topological polar surface area (TPSA) is 30.8 Å². The smallest absolute Gasteiger partial charge is 0.133 e. The number of ether oxygens (including phenoxy) is 1. The van der Waals surface area contributed by atoms with E-state index in [1.165, 1.54) is 6.07 Å². The van der Waals surface area contributed by atoms with Gasteiger partial charge in [0.2, 0.25) is 0 Å². The zero-order valence-electron chi connectivity index (χ0n) is 13.2. The highest BCUT2D eigenvalue weighted by molar-refractivity contribution is 5.88.